The summed E-state index contributed by atoms with van der Waals surface area (Å²) < 4.78 is 0. The molecule has 3 amide bonds. The van der Waals surface area contributed by atoms with Gasteiger partial charge < -0.3 is 37.6 Å². The number of unbranched alkanes of at least 4 members (excludes halogenated alkanes) is 1. The Morgan fingerprint density at radius 1 is 0.938 bits per heavy atom. The molecule has 0 rings (SSSR count). The van der Waals surface area contributed by atoms with Crippen LogP contribution in [0.4, 0.5) is 0 Å². The van der Waals surface area contributed by atoms with Crippen LogP contribution in [0.25, 0.3) is 0 Å². The number of carboxylic acids is 2. The number of nitrogens with one attached hydrogen (secondary N) is 3. The fourth-order valence-electron chi connectivity index (χ4n) is 2.71. The van der Waals surface area contributed by atoms with Crippen LogP contribution in [0.1, 0.15) is 46.0 Å². The molecule has 0 fully saturated rings. The van der Waals surface area contributed by atoms with E-state index >= 15 is 0 Å². The zero-order chi connectivity index (χ0) is 24.8. The zero-order valence-electron chi connectivity index (χ0n) is 18.4. The quantitative estimate of drug-likeness (QED) is 0.0950. The van der Waals surface area contributed by atoms with Gasteiger partial charge in [-0.05, 0) is 25.3 Å². The molecule has 0 bridgehead atoms. The summed E-state index contributed by atoms with van der Waals surface area (Å²) in [4.78, 5) is 60.1. The molecule has 9 N–H and O–H groups in total. The molecule has 0 saturated heterocycles. The molecule has 0 aromatic heterocycles. The van der Waals surface area contributed by atoms with E-state index in [9.17, 15) is 24.0 Å². The second-order valence-corrected chi connectivity index (χ2v) is 7.87. The first-order valence-corrected chi connectivity index (χ1v) is 11.0. The van der Waals surface area contributed by atoms with Crippen LogP contribution in [0, 0.1) is 5.92 Å². The van der Waals surface area contributed by atoms with Gasteiger partial charge in [0.2, 0.25) is 17.7 Å². The van der Waals surface area contributed by atoms with Crippen LogP contribution in [0.15, 0.2) is 0 Å². The van der Waals surface area contributed by atoms with Gasteiger partial charge in [0, 0.05) is 5.75 Å². The van der Waals surface area contributed by atoms with E-state index in [1.54, 1.807) is 13.8 Å². The highest BCUT2D eigenvalue weighted by Crippen LogP contribution is 2.10. The van der Waals surface area contributed by atoms with Gasteiger partial charge in [0.05, 0.1) is 12.5 Å². The second-order valence-electron chi connectivity index (χ2n) is 7.50. The first-order chi connectivity index (χ1) is 15.0. The van der Waals surface area contributed by atoms with Gasteiger partial charge in [-0.2, -0.15) is 12.6 Å². The highest BCUT2D eigenvalue weighted by Gasteiger charge is 2.33. The van der Waals surface area contributed by atoms with Crippen molar-refractivity contribution in [3.63, 3.8) is 0 Å². The predicted octanol–water partition coefficient (Wildman–Crippen LogP) is -1.57. The number of nitrogens with two attached hydrogens (primary N) is 2. The molecule has 0 heterocycles. The Hall–Kier alpha value is -2.38. The molecular formula is C19H35N5O7S. The summed E-state index contributed by atoms with van der Waals surface area (Å²) >= 11 is 3.89. The number of rotatable bonds is 16. The Morgan fingerprint density at radius 3 is 2.00 bits per heavy atom. The van der Waals surface area contributed by atoms with E-state index < -0.39 is 66.2 Å². The summed E-state index contributed by atoms with van der Waals surface area (Å²) in [5, 5.41) is 25.3. The molecule has 0 aliphatic rings. The van der Waals surface area contributed by atoms with E-state index in [0.29, 0.717) is 32.2 Å². The third-order valence-electron chi connectivity index (χ3n) is 4.91. The molecule has 32 heavy (non-hydrogen) atoms. The lowest BCUT2D eigenvalue weighted by Gasteiger charge is -2.27. The van der Waals surface area contributed by atoms with Crippen LogP contribution in [0.5, 0.6) is 0 Å². The fraction of sp³-hybridized carbons (Fsp3) is 0.737. The third-order valence-corrected chi connectivity index (χ3v) is 5.27. The molecule has 0 aromatic rings. The molecule has 5 atom stereocenters. The maximum atomic E-state index is 12.8. The Labute approximate surface area is 192 Å². The Balaban J connectivity index is 5.40. The average Bonchev–Trinajstić information content (AvgIpc) is 2.73. The molecular weight excluding hydrogens is 442 g/mol. The Morgan fingerprint density at radius 2 is 1.53 bits per heavy atom. The highest BCUT2D eigenvalue weighted by atomic mass is 32.1. The summed E-state index contributed by atoms with van der Waals surface area (Å²) in [6.07, 6.45) is 1.29. The number of carboxylic acid groups (broad SMARTS) is 2. The minimum absolute atomic E-state index is 0.165. The van der Waals surface area contributed by atoms with Gasteiger partial charge in [-0.1, -0.05) is 26.7 Å². The summed E-state index contributed by atoms with van der Waals surface area (Å²) in [7, 11) is 0. The summed E-state index contributed by atoms with van der Waals surface area (Å²) in [5.41, 5.74) is 11.2. The zero-order valence-corrected chi connectivity index (χ0v) is 19.3. The van der Waals surface area contributed by atoms with Crippen molar-refractivity contribution in [3.8, 4) is 0 Å². The summed E-state index contributed by atoms with van der Waals surface area (Å²) in [6, 6.07) is -4.85. The van der Waals surface area contributed by atoms with E-state index in [1.165, 1.54) is 0 Å². The lowest BCUT2D eigenvalue weighted by molar-refractivity contribution is -0.143. The topological polar surface area (TPSA) is 214 Å². The van der Waals surface area contributed by atoms with E-state index in [-0.39, 0.29) is 5.75 Å². The average molecular weight is 478 g/mol. The smallest absolute Gasteiger partial charge is 0.327 e. The number of thiol groups is 1. The standard InChI is InChI=1S/C19H35N5O7S/c1-3-10(2)15(18(29)23-13(9-32)19(30)31)24-17(28)12(8-14(25)26)22-16(27)11(21)6-4-5-7-20/h10-13,15,32H,3-9,20-21H2,1-2H3,(H,22,27)(H,23,29)(H,24,28)(H,25,26)(H,30,31). The number of hydrogen-bond acceptors (Lipinski definition) is 8. The van der Waals surface area contributed by atoms with Gasteiger partial charge in [0.15, 0.2) is 0 Å². The van der Waals surface area contributed by atoms with Gasteiger partial charge in [-0.15, -0.1) is 0 Å². The molecule has 0 aliphatic heterocycles. The fourth-order valence-corrected chi connectivity index (χ4v) is 2.95. The van der Waals surface area contributed by atoms with Crippen molar-refractivity contribution in [1.29, 1.82) is 0 Å². The van der Waals surface area contributed by atoms with E-state index in [2.05, 4.69) is 28.6 Å². The first kappa shape index (κ1) is 29.6. The van der Waals surface area contributed by atoms with E-state index in [4.69, 9.17) is 21.7 Å². The number of amides is 3. The highest BCUT2D eigenvalue weighted by molar-refractivity contribution is 7.80. The van der Waals surface area contributed by atoms with Crippen LogP contribution in [-0.2, 0) is 24.0 Å². The SMILES string of the molecule is CCC(C)C(NC(=O)C(CC(=O)O)NC(=O)C(N)CCCCN)C(=O)NC(CS)C(=O)O. The molecule has 0 spiro atoms. The predicted molar refractivity (Wildman–Crippen MR) is 120 cm³/mol. The monoisotopic (exact) mass is 477 g/mol. The lowest BCUT2D eigenvalue weighted by atomic mass is 9.97. The minimum Gasteiger partial charge on any atom is -0.481 e. The van der Waals surface area contributed by atoms with Gasteiger partial charge in [-0.25, -0.2) is 4.79 Å². The van der Waals surface area contributed by atoms with Crippen molar-refractivity contribution in [2.24, 2.45) is 17.4 Å². The van der Waals surface area contributed by atoms with Crippen LogP contribution in [0.2, 0.25) is 0 Å². The molecule has 0 aliphatic carbocycles. The number of carbonyl (C=O) groups excluding carboxylic acids is 3. The van der Waals surface area contributed by atoms with Crippen molar-refractivity contribution in [2.45, 2.75) is 70.1 Å². The van der Waals surface area contributed by atoms with Crippen molar-refractivity contribution < 1.29 is 34.2 Å². The van der Waals surface area contributed by atoms with E-state index in [0.717, 1.165) is 0 Å². The molecule has 0 radical (unpaired) electrons. The minimum atomic E-state index is -1.47. The molecule has 13 heteroatoms. The third kappa shape index (κ3) is 10.8. The maximum Gasteiger partial charge on any atom is 0.327 e. The van der Waals surface area contributed by atoms with Crippen LogP contribution in [0.3, 0.4) is 0 Å². The summed E-state index contributed by atoms with van der Waals surface area (Å²) in [6.45, 7) is 3.87. The van der Waals surface area contributed by atoms with Gasteiger partial charge >= 0.3 is 11.9 Å². The second kappa shape index (κ2) is 15.4. The van der Waals surface area contributed by atoms with Crippen molar-refractivity contribution in [2.75, 3.05) is 12.3 Å². The first-order valence-electron chi connectivity index (χ1n) is 10.4. The van der Waals surface area contributed by atoms with Gasteiger partial charge in [-0.3, -0.25) is 19.2 Å². The number of carbonyl (C=O) groups is 5. The normalized spacial score (nSPS) is 15.5. The van der Waals surface area contributed by atoms with E-state index in [1.807, 2.05) is 0 Å². The largest absolute Gasteiger partial charge is 0.481 e. The molecule has 12 nitrogen and oxygen atoms in total. The lowest BCUT2D eigenvalue weighted by Crippen LogP contribution is -2.59. The van der Waals surface area contributed by atoms with Crippen LogP contribution in [-0.4, -0.2) is 76.3 Å². The summed E-state index contributed by atoms with van der Waals surface area (Å²) in [5.74, 6) is -5.56. The van der Waals surface area contributed by atoms with Gasteiger partial charge in [0.1, 0.15) is 18.1 Å². The Kier molecular flexibility index (Phi) is 14.3. The van der Waals surface area contributed by atoms with Crippen LogP contribution < -0.4 is 27.4 Å². The maximum absolute atomic E-state index is 12.8. The molecule has 0 saturated carbocycles. The van der Waals surface area contributed by atoms with Crippen molar-refractivity contribution in [3.05, 3.63) is 0 Å². The molecule has 184 valence electrons. The van der Waals surface area contributed by atoms with Gasteiger partial charge in [0.25, 0.3) is 0 Å². The van der Waals surface area contributed by atoms with Crippen LogP contribution >= 0.6 is 12.6 Å². The Bertz CT molecular complexity index is 664. The van der Waals surface area contributed by atoms with Crippen molar-refractivity contribution >= 4 is 42.3 Å². The molecule has 5 unspecified atom stereocenters. The van der Waals surface area contributed by atoms with Crippen molar-refractivity contribution in [1.82, 2.24) is 16.0 Å². The molecule has 0 aromatic carbocycles. The number of hydrogen-bond donors (Lipinski definition) is 8. The number of aliphatic carboxylic acids is 2.